The number of rotatable bonds is 8. The molecule has 1 saturated heterocycles. The number of piperidine rings is 1. The van der Waals surface area contributed by atoms with E-state index in [-0.39, 0.29) is 29.8 Å². The molecule has 0 spiro atoms. The van der Waals surface area contributed by atoms with E-state index in [1.54, 1.807) is 0 Å². The number of aliphatic imine (C=N–C) groups is 1. The molecule has 0 aromatic rings. The van der Waals surface area contributed by atoms with Crippen LogP contribution in [0.4, 0.5) is 0 Å². The Kier molecular flexibility index (Phi) is 9.60. The maximum atomic E-state index is 12.4. The highest BCUT2D eigenvalue weighted by Gasteiger charge is 2.40. The van der Waals surface area contributed by atoms with E-state index in [1.807, 2.05) is 0 Å². The molecule has 7 unspecified atom stereocenters. The predicted octanol–water partition coefficient (Wildman–Crippen LogP) is -1.70. The molecule has 0 radical (unpaired) electrons. The van der Waals surface area contributed by atoms with E-state index in [0.717, 1.165) is 0 Å². The minimum atomic E-state index is -1.14. The number of hydrogen-bond acceptors (Lipinski definition) is 6. The number of nitrogens with two attached hydrogens (primary N) is 2. The van der Waals surface area contributed by atoms with Gasteiger partial charge in [-0.1, -0.05) is 0 Å². The van der Waals surface area contributed by atoms with Gasteiger partial charge in [-0.25, -0.2) is 4.99 Å². The van der Waals surface area contributed by atoms with Crippen LogP contribution in [0, 0.1) is 11.8 Å². The summed E-state index contributed by atoms with van der Waals surface area (Å²) in [7, 11) is 0. The van der Waals surface area contributed by atoms with Crippen LogP contribution in [0.15, 0.2) is 4.99 Å². The van der Waals surface area contributed by atoms with Crippen LogP contribution >= 0.6 is 23.2 Å². The zero-order valence-corrected chi connectivity index (χ0v) is 18.5. The van der Waals surface area contributed by atoms with E-state index in [0.29, 0.717) is 32.4 Å². The van der Waals surface area contributed by atoms with Crippen LogP contribution in [0.25, 0.3) is 0 Å². The van der Waals surface area contributed by atoms with Crippen LogP contribution in [0.2, 0.25) is 0 Å². The van der Waals surface area contributed by atoms with Gasteiger partial charge < -0.3 is 37.6 Å². The Morgan fingerprint density at radius 1 is 1.16 bits per heavy atom. The van der Waals surface area contributed by atoms with Crippen LogP contribution in [0.3, 0.4) is 0 Å². The molecule has 2 rings (SSSR count). The first-order valence-corrected chi connectivity index (χ1v) is 11.0. The maximum Gasteiger partial charge on any atom is 0.305 e. The number of carboxylic acids is 1. The second-order valence-corrected chi connectivity index (χ2v) is 9.21. The molecule has 1 aliphatic carbocycles. The zero-order valence-electron chi connectivity index (χ0n) is 17.0. The standard InChI is InChI=1S/C18H30Cl2N6O5/c19-9-2-11(16(30)12(20)3-9)13(4-15(28)29)26-14(27)7-24-17(31)8-1-10(6-23-5-8)25-18(21)22/h8-13,16,23,30H,1-7H2,(H,24,31)(H,26,27)(H,28,29)(H4,21,22,25). The Bertz CT molecular complexity index is 692. The number of amides is 2. The smallest absolute Gasteiger partial charge is 0.305 e. The van der Waals surface area contributed by atoms with Gasteiger partial charge in [0.05, 0.1) is 36.4 Å². The lowest BCUT2D eigenvalue weighted by atomic mass is 9.79. The third-order valence-electron chi connectivity index (χ3n) is 5.53. The highest BCUT2D eigenvalue weighted by molar-refractivity contribution is 6.24. The first-order valence-electron chi connectivity index (χ1n) is 10.1. The van der Waals surface area contributed by atoms with Crippen LogP contribution in [0.5, 0.6) is 0 Å². The van der Waals surface area contributed by atoms with Gasteiger partial charge in [0, 0.05) is 30.4 Å². The highest BCUT2D eigenvalue weighted by Crippen LogP contribution is 2.34. The van der Waals surface area contributed by atoms with Gasteiger partial charge >= 0.3 is 5.97 Å². The van der Waals surface area contributed by atoms with Crippen molar-refractivity contribution in [1.29, 1.82) is 0 Å². The maximum absolute atomic E-state index is 12.4. The van der Waals surface area contributed by atoms with Crippen molar-refractivity contribution in [2.75, 3.05) is 19.6 Å². The average molecular weight is 481 g/mol. The molecule has 1 saturated carbocycles. The summed E-state index contributed by atoms with van der Waals surface area (Å²) in [6, 6.07) is -1.11. The molecule has 2 amide bonds. The number of carbonyl (C=O) groups excluding carboxylic acids is 2. The second-order valence-electron chi connectivity index (χ2n) is 8.03. The van der Waals surface area contributed by atoms with Crippen molar-refractivity contribution in [3.05, 3.63) is 0 Å². The van der Waals surface area contributed by atoms with Crippen LogP contribution in [-0.4, -0.2) is 82.5 Å². The van der Waals surface area contributed by atoms with E-state index in [1.165, 1.54) is 0 Å². The van der Waals surface area contributed by atoms with Crippen molar-refractivity contribution in [1.82, 2.24) is 16.0 Å². The molecule has 0 aromatic carbocycles. The third kappa shape index (κ3) is 7.99. The fraction of sp³-hybridized carbons (Fsp3) is 0.778. The van der Waals surface area contributed by atoms with Gasteiger partial charge in [0.1, 0.15) is 0 Å². The number of aliphatic hydroxyl groups excluding tert-OH is 1. The number of halogens is 2. The summed E-state index contributed by atoms with van der Waals surface area (Å²) >= 11 is 12.3. The number of carboxylic acid groups (broad SMARTS) is 1. The van der Waals surface area contributed by atoms with Crippen molar-refractivity contribution in [3.8, 4) is 0 Å². The first-order chi connectivity index (χ1) is 14.6. The Morgan fingerprint density at radius 2 is 1.87 bits per heavy atom. The molecule has 9 N–H and O–H groups in total. The highest BCUT2D eigenvalue weighted by atomic mass is 35.5. The molecule has 2 aliphatic rings. The summed E-state index contributed by atoms with van der Waals surface area (Å²) in [5.41, 5.74) is 10.8. The lowest BCUT2D eigenvalue weighted by molar-refractivity contribution is -0.139. The number of aliphatic carboxylic acids is 1. The van der Waals surface area contributed by atoms with E-state index in [4.69, 9.17) is 34.7 Å². The normalized spacial score (nSPS) is 31.8. The molecule has 0 bridgehead atoms. The van der Waals surface area contributed by atoms with Gasteiger partial charge in [-0.15, -0.1) is 23.2 Å². The molecule has 13 heteroatoms. The minimum Gasteiger partial charge on any atom is -0.481 e. The van der Waals surface area contributed by atoms with Gasteiger partial charge in [0.2, 0.25) is 11.8 Å². The molecule has 0 aromatic heterocycles. The quantitative estimate of drug-likeness (QED) is 0.121. The largest absolute Gasteiger partial charge is 0.481 e. The van der Waals surface area contributed by atoms with Crippen molar-refractivity contribution < 1.29 is 24.6 Å². The monoisotopic (exact) mass is 480 g/mol. The molecule has 11 nitrogen and oxygen atoms in total. The molecule has 7 atom stereocenters. The van der Waals surface area contributed by atoms with Crippen LogP contribution in [-0.2, 0) is 14.4 Å². The Morgan fingerprint density at radius 3 is 2.52 bits per heavy atom. The predicted molar refractivity (Wildman–Crippen MR) is 116 cm³/mol. The molecule has 2 fully saturated rings. The second kappa shape index (κ2) is 11.7. The zero-order chi connectivity index (χ0) is 23.1. The number of nitrogens with one attached hydrogen (secondary N) is 3. The van der Waals surface area contributed by atoms with Gasteiger partial charge in [-0.05, 0) is 19.3 Å². The Hall–Kier alpha value is -1.82. The number of aliphatic hydroxyl groups is 1. The number of carbonyl (C=O) groups is 3. The van der Waals surface area contributed by atoms with Crippen molar-refractivity contribution in [2.45, 2.75) is 54.6 Å². The van der Waals surface area contributed by atoms with Gasteiger partial charge in [-0.3, -0.25) is 14.4 Å². The van der Waals surface area contributed by atoms with Crippen molar-refractivity contribution >= 4 is 46.9 Å². The van der Waals surface area contributed by atoms with Gasteiger partial charge in [0.15, 0.2) is 5.96 Å². The lowest BCUT2D eigenvalue weighted by Crippen LogP contribution is -2.53. The summed E-state index contributed by atoms with van der Waals surface area (Å²) in [6.45, 7) is 0.635. The fourth-order valence-electron chi connectivity index (χ4n) is 4.08. The van der Waals surface area contributed by atoms with Gasteiger partial charge in [-0.2, -0.15) is 0 Å². The minimum absolute atomic E-state index is 0.0556. The number of guanidine groups is 1. The fourth-order valence-corrected chi connectivity index (χ4v) is 4.97. The molecule has 31 heavy (non-hydrogen) atoms. The third-order valence-corrected chi connectivity index (χ3v) is 6.32. The van der Waals surface area contributed by atoms with Crippen molar-refractivity contribution in [2.24, 2.45) is 28.3 Å². The van der Waals surface area contributed by atoms with E-state index < -0.39 is 47.7 Å². The Balaban J connectivity index is 1.91. The van der Waals surface area contributed by atoms with Gasteiger partial charge in [0.25, 0.3) is 0 Å². The van der Waals surface area contributed by atoms with Crippen LogP contribution in [0.1, 0.15) is 25.7 Å². The number of alkyl halides is 2. The van der Waals surface area contributed by atoms with Crippen molar-refractivity contribution in [3.63, 3.8) is 0 Å². The summed E-state index contributed by atoms with van der Waals surface area (Å²) in [4.78, 5) is 40.2. The molecular weight excluding hydrogens is 451 g/mol. The topological polar surface area (TPSA) is 192 Å². The number of hydrogen-bond donors (Lipinski definition) is 7. The summed E-state index contributed by atoms with van der Waals surface area (Å²) in [5.74, 6) is -3.13. The summed E-state index contributed by atoms with van der Waals surface area (Å²) < 4.78 is 0. The molecule has 1 aliphatic heterocycles. The van der Waals surface area contributed by atoms with E-state index in [2.05, 4.69) is 20.9 Å². The SMILES string of the molecule is NC(N)=NC1CNCC(C(=O)NCC(=O)NC(CC(=O)O)C2CC(Cl)CC(Cl)C2O)C1. The Labute approximate surface area is 190 Å². The lowest BCUT2D eigenvalue weighted by Gasteiger charge is -2.38. The van der Waals surface area contributed by atoms with E-state index in [9.17, 15) is 24.6 Å². The first kappa shape index (κ1) is 25.4. The summed E-state index contributed by atoms with van der Waals surface area (Å²) in [6.07, 6.45) is -0.266. The number of nitrogens with zero attached hydrogens (tertiary/aromatic N) is 1. The van der Waals surface area contributed by atoms with Crippen LogP contribution < -0.4 is 27.4 Å². The summed E-state index contributed by atoms with van der Waals surface area (Å²) in [5, 5.41) is 26.9. The molecule has 1 heterocycles. The molecular formula is C18H30Cl2N6O5. The average Bonchev–Trinajstić information content (AvgIpc) is 2.67. The molecule has 176 valence electrons. The van der Waals surface area contributed by atoms with E-state index >= 15 is 0 Å².